The highest BCUT2D eigenvalue weighted by Crippen LogP contribution is 2.05. The van der Waals surface area contributed by atoms with Gasteiger partial charge in [-0.25, -0.2) is 0 Å². The fourth-order valence-electron chi connectivity index (χ4n) is 1.45. The minimum atomic E-state index is -0.778. The summed E-state index contributed by atoms with van der Waals surface area (Å²) >= 11 is 0. The van der Waals surface area contributed by atoms with E-state index in [0.717, 1.165) is 6.42 Å². The van der Waals surface area contributed by atoms with Gasteiger partial charge in [-0.05, 0) is 12.8 Å². The Morgan fingerprint density at radius 3 is 2.84 bits per heavy atom. The first kappa shape index (κ1) is 15.6. The van der Waals surface area contributed by atoms with E-state index < -0.39 is 5.97 Å². The largest absolute Gasteiger partial charge is 0.481 e. The Morgan fingerprint density at radius 1 is 1.26 bits per heavy atom. The summed E-state index contributed by atoms with van der Waals surface area (Å²) in [6.07, 6.45) is 2.74. The lowest BCUT2D eigenvalue weighted by atomic mass is 10.2. The lowest BCUT2D eigenvalue weighted by Crippen LogP contribution is -2.05. The maximum atomic E-state index is 10.3. The Hall–Kier alpha value is -1.47. The maximum Gasteiger partial charge on any atom is 0.303 e. The van der Waals surface area contributed by atoms with Crippen LogP contribution in [-0.4, -0.2) is 48.1 Å². The predicted molar refractivity (Wildman–Crippen MR) is 65.9 cm³/mol. The molecular weight excluding hydrogens is 252 g/mol. The van der Waals surface area contributed by atoms with E-state index in [0.29, 0.717) is 50.8 Å². The van der Waals surface area contributed by atoms with Gasteiger partial charge < -0.3 is 19.1 Å². The second kappa shape index (κ2) is 9.46. The van der Waals surface area contributed by atoms with Gasteiger partial charge in [0.05, 0.1) is 19.8 Å². The van der Waals surface area contributed by atoms with E-state index in [2.05, 4.69) is 10.1 Å². The van der Waals surface area contributed by atoms with Crippen molar-refractivity contribution in [3.8, 4) is 0 Å². The third-order valence-corrected chi connectivity index (χ3v) is 2.44. The molecule has 0 bridgehead atoms. The molecule has 0 aliphatic rings. The van der Waals surface area contributed by atoms with Crippen LogP contribution in [-0.2, 0) is 27.1 Å². The van der Waals surface area contributed by atoms with Crippen molar-refractivity contribution in [2.45, 2.75) is 32.1 Å². The first-order chi connectivity index (χ1) is 9.22. The van der Waals surface area contributed by atoms with Gasteiger partial charge in [0.25, 0.3) is 0 Å². The molecular formula is C12H20N2O5. The molecule has 0 fully saturated rings. The molecule has 1 heterocycles. The van der Waals surface area contributed by atoms with Crippen LogP contribution < -0.4 is 0 Å². The Balaban J connectivity index is 2.12. The summed E-state index contributed by atoms with van der Waals surface area (Å²) in [7, 11) is 1.62. The smallest absolute Gasteiger partial charge is 0.303 e. The van der Waals surface area contributed by atoms with E-state index in [1.54, 1.807) is 7.11 Å². The number of aliphatic carboxylic acids is 1. The van der Waals surface area contributed by atoms with Crippen LogP contribution in [0.4, 0.5) is 0 Å². The van der Waals surface area contributed by atoms with Crippen LogP contribution >= 0.6 is 0 Å². The number of unbranched alkanes of at least 4 members (excludes halogenated alkanes) is 1. The number of hydrogen-bond acceptors (Lipinski definition) is 6. The fourth-order valence-corrected chi connectivity index (χ4v) is 1.45. The van der Waals surface area contributed by atoms with Crippen LogP contribution in [0.1, 0.15) is 31.0 Å². The molecule has 0 radical (unpaired) electrons. The monoisotopic (exact) mass is 272 g/mol. The molecule has 1 aromatic rings. The van der Waals surface area contributed by atoms with Crippen LogP contribution in [0, 0.1) is 0 Å². The molecule has 0 amide bonds. The summed E-state index contributed by atoms with van der Waals surface area (Å²) in [6, 6.07) is 0. The molecule has 1 N–H and O–H groups in total. The SMILES string of the molecule is COCCOCCc1noc(CCCCC(=O)O)n1. The van der Waals surface area contributed by atoms with Gasteiger partial charge in [0.15, 0.2) is 5.82 Å². The predicted octanol–water partition coefficient (Wildman–Crippen LogP) is 1.07. The Bertz CT molecular complexity index is 367. The summed E-state index contributed by atoms with van der Waals surface area (Å²) < 4.78 is 15.2. The lowest BCUT2D eigenvalue weighted by molar-refractivity contribution is -0.137. The van der Waals surface area contributed by atoms with Crippen LogP contribution in [0.25, 0.3) is 0 Å². The molecule has 108 valence electrons. The number of aromatic nitrogens is 2. The minimum Gasteiger partial charge on any atom is -0.481 e. The molecule has 1 aromatic heterocycles. The van der Waals surface area contributed by atoms with Crippen molar-refractivity contribution >= 4 is 5.97 Å². The number of aryl methyl sites for hydroxylation is 1. The average molecular weight is 272 g/mol. The van der Waals surface area contributed by atoms with Crippen molar-refractivity contribution in [1.82, 2.24) is 10.1 Å². The summed E-state index contributed by atoms with van der Waals surface area (Å²) in [4.78, 5) is 14.5. The van der Waals surface area contributed by atoms with Crippen molar-refractivity contribution in [2.24, 2.45) is 0 Å². The topological polar surface area (TPSA) is 94.7 Å². The molecule has 0 spiro atoms. The standard InChI is InChI=1S/C12H20N2O5/c1-17-8-9-18-7-6-10-13-11(19-14-10)4-2-3-5-12(15)16/h2-9H2,1H3,(H,15,16). The van der Waals surface area contributed by atoms with E-state index in [9.17, 15) is 4.79 Å². The number of methoxy groups -OCH3 is 1. The highest BCUT2D eigenvalue weighted by Gasteiger charge is 2.06. The normalized spacial score (nSPS) is 10.8. The van der Waals surface area contributed by atoms with Crippen molar-refractivity contribution < 1.29 is 23.9 Å². The highest BCUT2D eigenvalue weighted by molar-refractivity contribution is 5.66. The number of nitrogens with zero attached hydrogens (tertiary/aromatic N) is 2. The number of carboxylic acid groups (broad SMARTS) is 1. The van der Waals surface area contributed by atoms with Gasteiger partial charge in [0, 0.05) is 26.4 Å². The number of carbonyl (C=O) groups is 1. The second-order valence-electron chi connectivity index (χ2n) is 4.06. The quantitative estimate of drug-likeness (QED) is 0.602. The van der Waals surface area contributed by atoms with Crippen molar-refractivity contribution in [3.05, 3.63) is 11.7 Å². The van der Waals surface area contributed by atoms with Crippen molar-refractivity contribution in [2.75, 3.05) is 26.9 Å². The van der Waals surface area contributed by atoms with Crippen LogP contribution in [0.15, 0.2) is 4.52 Å². The van der Waals surface area contributed by atoms with Gasteiger partial charge in [-0.1, -0.05) is 5.16 Å². The van der Waals surface area contributed by atoms with E-state index in [4.69, 9.17) is 19.1 Å². The van der Waals surface area contributed by atoms with Gasteiger partial charge in [0.2, 0.25) is 5.89 Å². The lowest BCUT2D eigenvalue weighted by Gasteiger charge is -1.99. The van der Waals surface area contributed by atoms with E-state index in [-0.39, 0.29) is 6.42 Å². The third-order valence-electron chi connectivity index (χ3n) is 2.44. The van der Waals surface area contributed by atoms with E-state index >= 15 is 0 Å². The van der Waals surface area contributed by atoms with E-state index in [1.165, 1.54) is 0 Å². The number of hydrogen-bond donors (Lipinski definition) is 1. The molecule has 0 saturated carbocycles. The van der Waals surface area contributed by atoms with Crippen molar-refractivity contribution in [1.29, 1.82) is 0 Å². The van der Waals surface area contributed by atoms with Crippen LogP contribution in [0.2, 0.25) is 0 Å². The van der Waals surface area contributed by atoms with E-state index in [1.807, 2.05) is 0 Å². The number of carboxylic acids is 1. The Morgan fingerprint density at radius 2 is 2.11 bits per heavy atom. The van der Waals surface area contributed by atoms with Crippen LogP contribution in [0.5, 0.6) is 0 Å². The highest BCUT2D eigenvalue weighted by atomic mass is 16.5. The zero-order valence-corrected chi connectivity index (χ0v) is 11.1. The summed E-state index contributed by atoms with van der Waals surface area (Å²) in [5.41, 5.74) is 0. The molecule has 0 aliphatic carbocycles. The fraction of sp³-hybridized carbons (Fsp3) is 0.750. The molecule has 0 atom stereocenters. The number of ether oxygens (including phenoxy) is 2. The molecule has 0 saturated heterocycles. The zero-order chi connectivity index (χ0) is 13.9. The summed E-state index contributed by atoms with van der Waals surface area (Å²) in [5.74, 6) is 0.391. The summed E-state index contributed by atoms with van der Waals surface area (Å²) in [5, 5.41) is 12.3. The summed E-state index contributed by atoms with van der Waals surface area (Å²) in [6.45, 7) is 1.65. The molecule has 0 aliphatic heterocycles. The van der Waals surface area contributed by atoms with Gasteiger partial charge >= 0.3 is 5.97 Å². The van der Waals surface area contributed by atoms with Crippen molar-refractivity contribution in [3.63, 3.8) is 0 Å². The molecule has 0 unspecified atom stereocenters. The maximum absolute atomic E-state index is 10.3. The molecule has 1 rings (SSSR count). The van der Waals surface area contributed by atoms with Gasteiger partial charge in [0.1, 0.15) is 0 Å². The first-order valence-corrected chi connectivity index (χ1v) is 6.32. The molecule has 19 heavy (non-hydrogen) atoms. The molecule has 7 nitrogen and oxygen atoms in total. The Kier molecular flexibility index (Phi) is 7.76. The third kappa shape index (κ3) is 7.53. The molecule has 0 aromatic carbocycles. The van der Waals surface area contributed by atoms with Gasteiger partial charge in [-0.3, -0.25) is 4.79 Å². The molecule has 7 heteroatoms. The first-order valence-electron chi connectivity index (χ1n) is 6.32. The minimum absolute atomic E-state index is 0.175. The van der Waals surface area contributed by atoms with Gasteiger partial charge in [-0.15, -0.1) is 0 Å². The Labute approximate surface area is 111 Å². The number of rotatable bonds is 11. The zero-order valence-electron chi connectivity index (χ0n) is 11.1. The van der Waals surface area contributed by atoms with Gasteiger partial charge in [-0.2, -0.15) is 4.98 Å². The second-order valence-corrected chi connectivity index (χ2v) is 4.06. The van der Waals surface area contributed by atoms with Crippen LogP contribution in [0.3, 0.4) is 0 Å². The average Bonchev–Trinajstić information content (AvgIpc) is 2.82.